The van der Waals surface area contributed by atoms with Crippen LogP contribution in [-0.4, -0.2) is 26.2 Å². The van der Waals surface area contributed by atoms with Crippen LogP contribution in [-0.2, 0) is 6.54 Å². The second-order valence-electron chi connectivity index (χ2n) is 4.79. The third-order valence-corrected chi connectivity index (χ3v) is 4.00. The van der Waals surface area contributed by atoms with E-state index in [-0.39, 0.29) is 0 Å². The zero-order valence-corrected chi connectivity index (χ0v) is 13.8. The van der Waals surface area contributed by atoms with Crippen LogP contribution in [0.4, 0.5) is 8.78 Å². The lowest BCUT2D eigenvalue weighted by molar-refractivity contribution is 0.318. The number of nitrogens with one attached hydrogen (secondary N) is 2. The van der Waals surface area contributed by atoms with Crippen LogP contribution < -0.4 is 15.4 Å². The number of halogens is 2. The lowest BCUT2D eigenvalue weighted by Gasteiger charge is -2.12. The number of aliphatic imine (C=N–C) groups is 1. The number of ether oxygens (including phenoxy) is 1. The molecule has 0 fully saturated rings. The highest BCUT2D eigenvalue weighted by atomic mass is 32.1. The van der Waals surface area contributed by atoms with Gasteiger partial charge in [0.25, 0.3) is 0 Å². The van der Waals surface area contributed by atoms with Gasteiger partial charge in [0.15, 0.2) is 17.6 Å². The summed E-state index contributed by atoms with van der Waals surface area (Å²) in [4.78, 5) is 6.61. The molecule has 0 radical (unpaired) electrons. The fourth-order valence-electron chi connectivity index (χ4n) is 1.88. The van der Waals surface area contributed by atoms with Gasteiger partial charge in [0.1, 0.15) is 12.4 Å². The van der Waals surface area contributed by atoms with Gasteiger partial charge in [-0.05, 0) is 31.2 Å². The molecule has 2 N–H and O–H groups in total. The second-order valence-corrected chi connectivity index (χ2v) is 6.16. The highest BCUT2D eigenvalue weighted by molar-refractivity contribution is 7.11. The fraction of sp³-hybridized carbons (Fsp3) is 0.312. The maximum Gasteiger partial charge on any atom is 0.191 e. The van der Waals surface area contributed by atoms with Crippen LogP contribution >= 0.6 is 11.3 Å². The molecule has 4 nitrogen and oxygen atoms in total. The lowest BCUT2D eigenvalue weighted by atomic mass is 10.3. The summed E-state index contributed by atoms with van der Waals surface area (Å²) in [6.45, 7) is 3.56. The van der Waals surface area contributed by atoms with Crippen molar-refractivity contribution in [2.24, 2.45) is 4.99 Å². The molecule has 1 aromatic carbocycles. The van der Waals surface area contributed by atoms with Crippen LogP contribution in [0.25, 0.3) is 0 Å². The molecule has 124 valence electrons. The lowest BCUT2D eigenvalue weighted by Crippen LogP contribution is -2.38. The van der Waals surface area contributed by atoms with Gasteiger partial charge in [-0.15, -0.1) is 11.3 Å². The summed E-state index contributed by atoms with van der Waals surface area (Å²) < 4.78 is 31.2. The molecule has 2 aromatic rings. The normalized spacial score (nSPS) is 11.4. The smallest absolute Gasteiger partial charge is 0.191 e. The molecule has 1 heterocycles. The summed E-state index contributed by atoms with van der Waals surface area (Å²) in [7, 11) is 1.69. The Hall–Kier alpha value is -2.15. The minimum absolute atomic E-state index is 0.294. The zero-order valence-electron chi connectivity index (χ0n) is 13.0. The fourth-order valence-corrected chi connectivity index (χ4v) is 2.71. The van der Waals surface area contributed by atoms with Gasteiger partial charge in [0.2, 0.25) is 0 Å². The minimum atomic E-state index is -0.917. The molecule has 0 atom stereocenters. The molecule has 0 saturated carbocycles. The van der Waals surface area contributed by atoms with Gasteiger partial charge in [-0.2, -0.15) is 0 Å². The number of benzene rings is 1. The second kappa shape index (κ2) is 8.47. The number of rotatable bonds is 6. The molecule has 0 saturated heterocycles. The first-order valence-electron chi connectivity index (χ1n) is 7.16. The molecule has 0 aliphatic heterocycles. The Morgan fingerprint density at radius 2 is 2.00 bits per heavy atom. The molecular formula is C16H19F2N3OS. The van der Waals surface area contributed by atoms with Gasteiger partial charge in [0.05, 0.1) is 13.1 Å². The average molecular weight is 339 g/mol. The van der Waals surface area contributed by atoms with Crippen LogP contribution in [0.1, 0.15) is 9.75 Å². The third-order valence-electron chi connectivity index (χ3n) is 3.00. The number of guanidine groups is 1. The Kier molecular flexibility index (Phi) is 6.34. The number of hydrogen-bond acceptors (Lipinski definition) is 3. The van der Waals surface area contributed by atoms with Crippen molar-refractivity contribution in [3.63, 3.8) is 0 Å². The van der Waals surface area contributed by atoms with Crippen molar-refractivity contribution >= 4 is 17.3 Å². The first kappa shape index (κ1) is 17.2. The molecule has 7 heteroatoms. The Labute approximate surface area is 138 Å². The summed E-state index contributed by atoms with van der Waals surface area (Å²) in [5.74, 6) is -0.851. The standard InChI is InChI=1S/C16H19F2N3OS/c1-11-3-5-13(23-11)10-21-16(19-2)20-7-8-22-12-4-6-14(17)15(18)9-12/h3-6,9H,7-8,10H2,1-2H3,(H2,19,20,21). The molecular weight excluding hydrogens is 320 g/mol. The van der Waals surface area contributed by atoms with E-state index in [1.807, 2.05) is 0 Å². The van der Waals surface area contributed by atoms with Crippen molar-refractivity contribution < 1.29 is 13.5 Å². The number of aryl methyl sites for hydroxylation is 1. The van der Waals surface area contributed by atoms with E-state index in [0.717, 1.165) is 12.1 Å². The first-order valence-corrected chi connectivity index (χ1v) is 7.98. The summed E-state index contributed by atoms with van der Waals surface area (Å²) in [6.07, 6.45) is 0. The maximum atomic E-state index is 13.0. The van der Waals surface area contributed by atoms with E-state index in [4.69, 9.17) is 4.74 Å². The topological polar surface area (TPSA) is 45.7 Å². The highest BCUT2D eigenvalue weighted by Crippen LogP contribution is 2.15. The molecule has 0 aliphatic carbocycles. The van der Waals surface area contributed by atoms with E-state index in [1.54, 1.807) is 18.4 Å². The molecule has 0 bridgehead atoms. The molecule has 0 aliphatic rings. The van der Waals surface area contributed by atoms with Crippen LogP contribution in [0.2, 0.25) is 0 Å². The highest BCUT2D eigenvalue weighted by Gasteiger charge is 2.04. The summed E-state index contributed by atoms with van der Waals surface area (Å²) in [6, 6.07) is 7.62. The Morgan fingerprint density at radius 3 is 2.65 bits per heavy atom. The third kappa shape index (κ3) is 5.52. The van der Waals surface area contributed by atoms with Crippen LogP contribution in [0.3, 0.4) is 0 Å². The van der Waals surface area contributed by atoms with E-state index in [2.05, 4.69) is 34.7 Å². The van der Waals surface area contributed by atoms with Crippen LogP contribution in [0.5, 0.6) is 5.75 Å². The first-order chi connectivity index (χ1) is 11.1. The van der Waals surface area contributed by atoms with E-state index in [1.165, 1.54) is 15.8 Å². The number of nitrogens with zero attached hydrogens (tertiary/aromatic N) is 1. The van der Waals surface area contributed by atoms with Gasteiger partial charge in [-0.25, -0.2) is 8.78 Å². The average Bonchev–Trinajstić information content (AvgIpc) is 2.95. The summed E-state index contributed by atoms with van der Waals surface area (Å²) >= 11 is 1.73. The number of hydrogen-bond donors (Lipinski definition) is 2. The zero-order chi connectivity index (χ0) is 16.7. The van der Waals surface area contributed by atoms with Crippen LogP contribution in [0.15, 0.2) is 35.3 Å². The SMILES string of the molecule is CN=C(NCCOc1ccc(F)c(F)c1)NCc1ccc(C)s1. The molecule has 1 aromatic heterocycles. The predicted octanol–water partition coefficient (Wildman–Crippen LogP) is 3.08. The van der Waals surface area contributed by atoms with Gasteiger partial charge in [-0.1, -0.05) is 0 Å². The number of thiophene rings is 1. The van der Waals surface area contributed by atoms with Gasteiger partial charge < -0.3 is 15.4 Å². The molecule has 0 amide bonds. The van der Waals surface area contributed by atoms with Gasteiger partial charge >= 0.3 is 0 Å². The minimum Gasteiger partial charge on any atom is -0.492 e. The quantitative estimate of drug-likeness (QED) is 0.483. The summed E-state index contributed by atoms with van der Waals surface area (Å²) in [5.41, 5.74) is 0. The van der Waals surface area contributed by atoms with Crippen molar-refractivity contribution in [3.8, 4) is 5.75 Å². The predicted molar refractivity (Wildman–Crippen MR) is 89.1 cm³/mol. The van der Waals surface area contributed by atoms with Crippen molar-refractivity contribution in [3.05, 3.63) is 51.7 Å². The van der Waals surface area contributed by atoms with Gasteiger partial charge in [-0.3, -0.25) is 4.99 Å². The largest absolute Gasteiger partial charge is 0.492 e. The van der Waals surface area contributed by atoms with E-state index < -0.39 is 11.6 Å². The van der Waals surface area contributed by atoms with Crippen molar-refractivity contribution in [1.82, 2.24) is 10.6 Å². The Morgan fingerprint density at radius 1 is 1.17 bits per heavy atom. The van der Waals surface area contributed by atoms with Crippen molar-refractivity contribution in [2.45, 2.75) is 13.5 Å². The molecule has 2 rings (SSSR count). The Bertz CT molecular complexity index is 673. The van der Waals surface area contributed by atoms with Crippen LogP contribution in [0, 0.1) is 18.6 Å². The van der Waals surface area contributed by atoms with E-state index in [9.17, 15) is 8.78 Å². The monoisotopic (exact) mass is 339 g/mol. The molecule has 0 unspecified atom stereocenters. The molecule has 0 spiro atoms. The Balaban J connectivity index is 1.70. The van der Waals surface area contributed by atoms with Crippen molar-refractivity contribution in [2.75, 3.05) is 20.2 Å². The van der Waals surface area contributed by atoms with E-state index >= 15 is 0 Å². The summed E-state index contributed by atoms with van der Waals surface area (Å²) in [5, 5.41) is 6.29. The maximum absolute atomic E-state index is 13.0. The van der Waals surface area contributed by atoms with Crippen molar-refractivity contribution in [1.29, 1.82) is 0 Å². The van der Waals surface area contributed by atoms with Gasteiger partial charge in [0, 0.05) is 22.9 Å². The van der Waals surface area contributed by atoms with E-state index in [0.29, 0.717) is 31.4 Å². The molecule has 23 heavy (non-hydrogen) atoms.